The normalized spacial score (nSPS) is 29.9. The van der Waals surface area contributed by atoms with E-state index in [0.29, 0.717) is 18.7 Å². The largest absolute Gasteiger partial charge is 0.415 e. The van der Waals surface area contributed by atoms with Gasteiger partial charge in [0.25, 0.3) is 0 Å². The van der Waals surface area contributed by atoms with Crippen molar-refractivity contribution in [2.75, 3.05) is 6.54 Å². The molecule has 2 fully saturated rings. The van der Waals surface area contributed by atoms with Crippen LogP contribution >= 0.6 is 0 Å². The molecular weight excluding hydrogens is 260 g/mol. The lowest BCUT2D eigenvalue weighted by Gasteiger charge is -2.42. The fourth-order valence-corrected chi connectivity index (χ4v) is 2.29. The monoisotopic (exact) mass is 280 g/mol. The zero-order valence-corrected chi connectivity index (χ0v) is 11.6. The molecule has 2 saturated heterocycles. The van der Waals surface area contributed by atoms with Crippen LogP contribution in [0, 0.1) is 0 Å². The van der Waals surface area contributed by atoms with Crippen molar-refractivity contribution in [2.24, 2.45) is 0 Å². The highest BCUT2D eigenvalue weighted by Gasteiger charge is 2.50. The maximum Gasteiger partial charge on any atom is 0.413 e. The number of carbonyl (C=O) groups is 2. The predicted molar refractivity (Wildman–Crippen MR) is 72.8 cm³/mol. The predicted octanol–water partition coefficient (Wildman–Crippen LogP) is 2.57. The van der Waals surface area contributed by atoms with Gasteiger partial charge in [0, 0.05) is 13.0 Å². The topological polar surface area (TPSA) is 76.7 Å². The van der Waals surface area contributed by atoms with Gasteiger partial charge >= 0.3 is 12.2 Å². The van der Waals surface area contributed by atoms with Crippen LogP contribution in [0.15, 0.2) is 24.0 Å². The van der Waals surface area contributed by atoms with E-state index < -0.39 is 17.9 Å². The fraction of sp³-hybridized carbons (Fsp3) is 0.571. The van der Waals surface area contributed by atoms with Gasteiger partial charge in [-0.25, -0.2) is 9.59 Å². The van der Waals surface area contributed by atoms with E-state index in [2.05, 4.69) is 10.6 Å². The minimum absolute atomic E-state index is 0.314. The van der Waals surface area contributed by atoms with Crippen LogP contribution in [-0.4, -0.2) is 24.5 Å². The Kier molecular flexibility index (Phi) is 4.65. The van der Waals surface area contributed by atoms with Gasteiger partial charge in [-0.05, 0) is 25.8 Å². The second kappa shape index (κ2) is 6.45. The molecule has 0 aliphatic carbocycles. The smallest absolute Gasteiger partial charge is 0.413 e. The van der Waals surface area contributed by atoms with E-state index >= 15 is 0 Å². The van der Waals surface area contributed by atoms with Crippen LogP contribution in [0.5, 0.6) is 0 Å². The summed E-state index contributed by atoms with van der Waals surface area (Å²) in [4.78, 5) is 22.9. The molecule has 2 N–H and O–H groups in total. The van der Waals surface area contributed by atoms with Crippen molar-refractivity contribution in [1.82, 2.24) is 10.6 Å². The number of carbonyl (C=O) groups excluding carboxylic acids is 2. The van der Waals surface area contributed by atoms with Crippen molar-refractivity contribution in [1.29, 1.82) is 0 Å². The van der Waals surface area contributed by atoms with E-state index in [1.165, 1.54) is 0 Å². The Bertz CT molecular complexity index is 434. The van der Waals surface area contributed by atoms with Gasteiger partial charge in [-0.3, -0.25) is 5.32 Å². The summed E-state index contributed by atoms with van der Waals surface area (Å²) in [6.45, 7) is 2.45. The SMILES string of the molecule is CC=CC=C1OC(=O)NCCCCCCC12NC(=O)O2. The van der Waals surface area contributed by atoms with E-state index in [1.54, 1.807) is 12.2 Å². The number of ether oxygens (including phenoxy) is 2. The number of amides is 2. The Labute approximate surface area is 118 Å². The van der Waals surface area contributed by atoms with E-state index in [-0.39, 0.29) is 0 Å². The summed E-state index contributed by atoms with van der Waals surface area (Å²) < 4.78 is 10.6. The van der Waals surface area contributed by atoms with Crippen LogP contribution in [0.25, 0.3) is 0 Å². The Balaban J connectivity index is 2.21. The van der Waals surface area contributed by atoms with Crippen molar-refractivity contribution >= 4 is 12.2 Å². The standard InChI is InChI=1S/C14H20N2O4/c1-2-3-8-11-14(16-13(18)20-14)9-6-4-5-7-10-15-12(17)19-11/h2-3,8H,4-7,9-10H2,1H3,(H,15,17)(H,16,18). The minimum atomic E-state index is -1.00. The fourth-order valence-electron chi connectivity index (χ4n) is 2.29. The molecule has 0 aromatic carbocycles. The highest BCUT2D eigenvalue weighted by molar-refractivity contribution is 5.76. The minimum Gasteiger partial charge on any atom is -0.415 e. The lowest BCUT2D eigenvalue weighted by Crippen LogP contribution is -2.64. The molecule has 2 heterocycles. The van der Waals surface area contributed by atoms with Crippen LogP contribution in [-0.2, 0) is 9.47 Å². The third kappa shape index (κ3) is 3.31. The number of alkyl carbamates (subject to hydrolysis) is 1. The van der Waals surface area contributed by atoms with Crippen molar-refractivity contribution < 1.29 is 19.1 Å². The zero-order valence-electron chi connectivity index (χ0n) is 11.6. The van der Waals surface area contributed by atoms with Gasteiger partial charge in [0.1, 0.15) is 0 Å². The van der Waals surface area contributed by atoms with Crippen LogP contribution in [0.4, 0.5) is 9.59 Å². The first kappa shape index (κ1) is 14.4. The van der Waals surface area contributed by atoms with E-state index in [9.17, 15) is 9.59 Å². The van der Waals surface area contributed by atoms with Gasteiger partial charge in [-0.1, -0.05) is 25.0 Å². The average molecular weight is 280 g/mol. The van der Waals surface area contributed by atoms with Crippen molar-refractivity contribution in [3.63, 3.8) is 0 Å². The molecule has 1 unspecified atom stereocenters. The second-order valence-corrected chi connectivity index (χ2v) is 4.88. The van der Waals surface area contributed by atoms with Gasteiger partial charge in [-0.15, -0.1) is 0 Å². The Morgan fingerprint density at radius 3 is 2.60 bits per heavy atom. The molecule has 0 aromatic heterocycles. The van der Waals surface area contributed by atoms with Gasteiger partial charge in [-0.2, -0.15) is 0 Å². The first-order valence-electron chi connectivity index (χ1n) is 6.96. The van der Waals surface area contributed by atoms with Crippen molar-refractivity contribution in [3.8, 4) is 0 Å². The van der Waals surface area contributed by atoms with E-state index in [4.69, 9.17) is 9.47 Å². The van der Waals surface area contributed by atoms with Crippen molar-refractivity contribution in [3.05, 3.63) is 24.0 Å². The molecule has 110 valence electrons. The molecule has 0 aromatic rings. The lowest BCUT2D eigenvalue weighted by molar-refractivity contribution is -0.0836. The molecule has 0 radical (unpaired) electrons. The molecule has 2 aliphatic heterocycles. The number of hydrogen-bond acceptors (Lipinski definition) is 4. The molecule has 1 atom stereocenters. The van der Waals surface area contributed by atoms with Gasteiger partial charge in [0.2, 0.25) is 5.72 Å². The summed E-state index contributed by atoms with van der Waals surface area (Å²) in [5.41, 5.74) is -1.00. The molecule has 6 heteroatoms. The molecule has 6 nitrogen and oxygen atoms in total. The second-order valence-electron chi connectivity index (χ2n) is 4.88. The summed E-state index contributed by atoms with van der Waals surface area (Å²) in [7, 11) is 0. The Morgan fingerprint density at radius 2 is 1.90 bits per heavy atom. The Morgan fingerprint density at radius 1 is 1.15 bits per heavy atom. The maximum absolute atomic E-state index is 11.7. The molecule has 2 rings (SSSR count). The van der Waals surface area contributed by atoms with Crippen LogP contribution in [0.2, 0.25) is 0 Å². The number of hydrogen-bond donors (Lipinski definition) is 2. The molecule has 20 heavy (non-hydrogen) atoms. The number of allylic oxidation sites excluding steroid dienone is 3. The summed E-state index contributed by atoms with van der Waals surface area (Å²) in [6, 6.07) is 0. The van der Waals surface area contributed by atoms with Gasteiger partial charge in [0.15, 0.2) is 5.76 Å². The molecule has 2 amide bonds. The molecular formula is C14H20N2O4. The number of cyclic esters (lactones) is 1. The molecule has 1 spiro atoms. The Hall–Kier alpha value is -1.98. The first-order chi connectivity index (χ1) is 9.66. The highest BCUT2D eigenvalue weighted by Crippen LogP contribution is 2.33. The van der Waals surface area contributed by atoms with E-state index in [0.717, 1.165) is 25.7 Å². The van der Waals surface area contributed by atoms with Crippen molar-refractivity contribution in [2.45, 2.75) is 44.8 Å². The number of nitrogens with one attached hydrogen (secondary N) is 2. The average Bonchev–Trinajstić information content (AvgIpc) is 2.42. The summed E-state index contributed by atoms with van der Waals surface area (Å²) in [5.74, 6) is 0.314. The van der Waals surface area contributed by atoms with Crippen LogP contribution in [0.1, 0.15) is 39.0 Å². The molecule has 2 aliphatic rings. The molecule has 0 saturated carbocycles. The number of rotatable bonds is 1. The molecule has 0 bridgehead atoms. The summed E-state index contributed by atoms with van der Waals surface area (Å²) in [6.07, 6.45) is 8.65. The summed E-state index contributed by atoms with van der Waals surface area (Å²) >= 11 is 0. The van der Waals surface area contributed by atoms with E-state index in [1.807, 2.05) is 13.0 Å². The lowest BCUT2D eigenvalue weighted by atomic mass is 9.99. The third-order valence-electron chi connectivity index (χ3n) is 3.34. The first-order valence-corrected chi connectivity index (χ1v) is 6.96. The summed E-state index contributed by atoms with van der Waals surface area (Å²) in [5, 5.41) is 5.39. The van der Waals surface area contributed by atoms with Crippen LogP contribution in [0.3, 0.4) is 0 Å². The highest BCUT2D eigenvalue weighted by atomic mass is 16.7. The third-order valence-corrected chi connectivity index (χ3v) is 3.34. The zero-order chi connectivity index (χ0) is 14.4. The van der Waals surface area contributed by atoms with Gasteiger partial charge in [0.05, 0.1) is 0 Å². The van der Waals surface area contributed by atoms with Crippen LogP contribution < -0.4 is 10.6 Å². The van der Waals surface area contributed by atoms with Gasteiger partial charge < -0.3 is 14.8 Å². The maximum atomic E-state index is 11.7. The quantitative estimate of drug-likeness (QED) is 0.774.